The zero-order valence-electron chi connectivity index (χ0n) is 5.60. The summed E-state index contributed by atoms with van der Waals surface area (Å²) in [5.41, 5.74) is -1.04. The Balaban J connectivity index is 3.39. The van der Waals surface area contributed by atoms with Crippen LogP contribution in [0.2, 0.25) is 0 Å². The van der Waals surface area contributed by atoms with Crippen LogP contribution in [0.15, 0.2) is 0 Å². The van der Waals surface area contributed by atoms with Crippen molar-refractivity contribution in [2.45, 2.75) is 38.9 Å². The summed E-state index contributed by atoms with van der Waals surface area (Å²) in [5, 5.41) is 21.1. The zero-order chi connectivity index (χ0) is 6.78. The van der Waals surface area contributed by atoms with Gasteiger partial charge in [-0.25, -0.2) is 0 Å². The van der Waals surface area contributed by atoms with E-state index in [1.165, 1.54) is 20.8 Å². The van der Waals surface area contributed by atoms with Crippen LogP contribution >= 0.6 is 0 Å². The van der Waals surface area contributed by atoms with Crippen molar-refractivity contribution in [3.8, 4) is 0 Å². The van der Waals surface area contributed by atoms with Crippen molar-refractivity contribution in [1.82, 2.24) is 0 Å². The lowest BCUT2D eigenvalue weighted by Crippen LogP contribution is -2.42. The molecule has 0 heterocycles. The van der Waals surface area contributed by atoms with Gasteiger partial charge in [0.25, 0.3) is 0 Å². The molecule has 0 aliphatic heterocycles. The van der Waals surface area contributed by atoms with Gasteiger partial charge in [0.2, 0.25) is 0 Å². The first-order valence-corrected chi connectivity index (χ1v) is 2.78. The molecule has 0 aromatic carbocycles. The van der Waals surface area contributed by atoms with E-state index in [0.29, 0.717) is 0 Å². The molecule has 2 nitrogen and oxygen atoms in total. The second-order valence-corrected chi connectivity index (χ2v) is 2.77. The molecule has 1 atom stereocenters. The third-order valence-electron chi connectivity index (χ3n) is 0.779. The second kappa shape index (κ2) is 2.46. The summed E-state index contributed by atoms with van der Waals surface area (Å²) in [6.07, 6.45) is -0.505. The fraction of sp³-hybridized carbons (Fsp3) is 1.00. The summed E-state index contributed by atoms with van der Waals surface area (Å²) in [6, 6.07) is 0. The Morgan fingerprint density at radius 2 is 1.88 bits per heavy atom. The topological polar surface area (TPSA) is 46.1 Å². The summed E-state index contributed by atoms with van der Waals surface area (Å²) in [5.74, 6) is 0. The maximum atomic E-state index is 10.7. The molecular weight excluding hydrogens is 104 g/mol. The molecule has 0 radical (unpaired) electrons. The van der Waals surface area contributed by atoms with Gasteiger partial charge in [-0.05, 0) is 0 Å². The highest BCUT2D eigenvalue weighted by Crippen LogP contribution is 2.03. The molecule has 0 aromatic rings. The zero-order valence-corrected chi connectivity index (χ0v) is 5.60. The number of rotatable bonds is 2. The maximum Gasteiger partial charge on any atom is -0.0754 e. The van der Waals surface area contributed by atoms with Gasteiger partial charge >= 0.3 is 0 Å². The number of hydrogen-bond acceptors (Lipinski definition) is 2. The molecule has 0 rings (SSSR count). The lowest BCUT2D eigenvalue weighted by Gasteiger charge is -2.36. The lowest BCUT2D eigenvalue weighted by atomic mass is 10.0. The average Bonchev–Trinajstić information content (AvgIpc) is 1.21. The van der Waals surface area contributed by atoms with Crippen molar-refractivity contribution >= 4 is 0 Å². The molecule has 1 unspecified atom stereocenters. The molecule has 0 fully saturated rings. The highest BCUT2D eigenvalue weighted by Gasteiger charge is 1.99. The minimum atomic E-state index is -1.04. The van der Waals surface area contributed by atoms with Crippen LogP contribution < -0.4 is 10.2 Å². The molecule has 0 amide bonds. The molecule has 0 aromatic heterocycles. The van der Waals surface area contributed by atoms with E-state index < -0.39 is 11.7 Å². The van der Waals surface area contributed by atoms with E-state index in [2.05, 4.69) is 0 Å². The van der Waals surface area contributed by atoms with Crippen LogP contribution in [0.5, 0.6) is 0 Å². The van der Waals surface area contributed by atoms with Gasteiger partial charge in [-0.2, -0.15) is 0 Å². The SMILES string of the molecule is CC([O-])CC(C)(C)[O-]. The first kappa shape index (κ1) is 7.92. The van der Waals surface area contributed by atoms with Crippen molar-refractivity contribution in [1.29, 1.82) is 0 Å². The third kappa shape index (κ3) is 5.92. The summed E-state index contributed by atoms with van der Waals surface area (Å²) >= 11 is 0. The van der Waals surface area contributed by atoms with Gasteiger partial charge < -0.3 is 10.2 Å². The minimum Gasteiger partial charge on any atom is -0.852 e. The summed E-state index contributed by atoms with van der Waals surface area (Å²) in [7, 11) is 0. The lowest BCUT2D eigenvalue weighted by molar-refractivity contribution is -0.494. The van der Waals surface area contributed by atoms with Crippen LogP contribution in [-0.4, -0.2) is 11.7 Å². The summed E-state index contributed by atoms with van der Waals surface area (Å²) in [6.45, 7) is 4.57. The fourth-order valence-electron chi connectivity index (χ4n) is 0.692. The van der Waals surface area contributed by atoms with Crippen LogP contribution in [0.4, 0.5) is 0 Å². The molecular formula is C6H12O2-2. The Labute approximate surface area is 50.2 Å². The molecule has 8 heavy (non-hydrogen) atoms. The normalized spacial score (nSPS) is 16.1. The highest BCUT2D eigenvalue weighted by molar-refractivity contribution is 4.64. The minimum absolute atomic E-state index is 0.215. The van der Waals surface area contributed by atoms with Crippen molar-refractivity contribution in [2.75, 3.05) is 0 Å². The van der Waals surface area contributed by atoms with Crippen molar-refractivity contribution < 1.29 is 10.2 Å². The fourth-order valence-corrected chi connectivity index (χ4v) is 0.692. The maximum absolute atomic E-state index is 10.7. The van der Waals surface area contributed by atoms with Gasteiger partial charge in [0.05, 0.1) is 0 Å². The van der Waals surface area contributed by atoms with Crippen LogP contribution in [0.25, 0.3) is 0 Å². The van der Waals surface area contributed by atoms with E-state index >= 15 is 0 Å². The Hall–Kier alpha value is -0.0800. The van der Waals surface area contributed by atoms with Gasteiger partial charge in [-0.15, -0.1) is 11.7 Å². The van der Waals surface area contributed by atoms with Crippen LogP contribution in [0, 0.1) is 0 Å². The number of hydrogen-bond donors (Lipinski definition) is 0. The Kier molecular flexibility index (Phi) is 2.44. The molecule has 0 spiro atoms. The van der Waals surface area contributed by atoms with Crippen LogP contribution in [0.3, 0.4) is 0 Å². The standard InChI is InChI=1S/C6H12O2/c1-5(7)4-6(2,3)8/h5H,4H2,1-3H3/q-2. The summed E-state index contributed by atoms with van der Waals surface area (Å²) in [4.78, 5) is 0. The average molecular weight is 116 g/mol. The molecule has 0 saturated carbocycles. The molecule has 0 saturated heterocycles. The van der Waals surface area contributed by atoms with E-state index in [0.717, 1.165) is 0 Å². The Morgan fingerprint density at radius 3 is 1.88 bits per heavy atom. The van der Waals surface area contributed by atoms with E-state index in [-0.39, 0.29) is 6.42 Å². The van der Waals surface area contributed by atoms with Gasteiger partial charge in [-0.1, -0.05) is 27.2 Å². The molecule has 0 aliphatic carbocycles. The third-order valence-corrected chi connectivity index (χ3v) is 0.779. The molecule has 0 aliphatic rings. The van der Waals surface area contributed by atoms with Crippen molar-refractivity contribution in [3.63, 3.8) is 0 Å². The largest absolute Gasteiger partial charge is 0.852 e. The first-order chi connectivity index (χ1) is 3.42. The van der Waals surface area contributed by atoms with Gasteiger partial charge in [0, 0.05) is 0 Å². The van der Waals surface area contributed by atoms with E-state index in [1.807, 2.05) is 0 Å². The van der Waals surface area contributed by atoms with Crippen molar-refractivity contribution in [3.05, 3.63) is 0 Å². The Bertz CT molecular complexity index is 61.4. The van der Waals surface area contributed by atoms with Crippen LogP contribution in [0.1, 0.15) is 27.2 Å². The predicted molar refractivity (Wildman–Crippen MR) is 28.2 cm³/mol. The van der Waals surface area contributed by atoms with Gasteiger partial charge in [0.15, 0.2) is 0 Å². The van der Waals surface area contributed by atoms with E-state index in [4.69, 9.17) is 0 Å². The van der Waals surface area contributed by atoms with E-state index in [1.54, 1.807) is 0 Å². The molecule has 50 valence electrons. The Morgan fingerprint density at radius 1 is 1.50 bits per heavy atom. The molecule has 0 bridgehead atoms. The molecule has 0 N–H and O–H groups in total. The predicted octanol–water partition coefficient (Wildman–Crippen LogP) is -0.736. The second-order valence-electron chi connectivity index (χ2n) is 2.77. The van der Waals surface area contributed by atoms with Gasteiger partial charge in [0.1, 0.15) is 0 Å². The monoisotopic (exact) mass is 116 g/mol. The molecule has 2 heteroatoms. The smallest absolute Gasteiger partial charge is 0.0754 e. The van der Waals surface area contributed by atoms with Gasteiger partial charge in [-0.3, -0.25) is 0 Å². The van der Waals surface area contributed by atoms with E-state index in [9.17, 15) is 10.2 Å². The highest BCUT2D eigenvalue weighted by atomic mass is 16.3. The first-order valence-electron chi connectivity index (χ1n) is 2.78. The van der Waals surface area contributed by atoms with Crippen LogP contribution in [-0.2, 0) is 0 Å². The van der Waals surface area contributed by atoms with Crippen molar-refractivity contribution in [2.24, 2.45) is 0 Å². The summed E-state index contributed by atoms with van der Waals surface area (Å²) < 4.78 is 0. The quantitative estimate of drug-likeness (QED) is 0.477.